The van der Waals surface area contributed by atoms with Crippen LogP contribution in [0.15, 0.2) is 174 Å². The second-order valence-electron chi connectivity index (χ2n) is 12.6. The lowest BCUT2D eigenvalue weighted by Gasteiger charge is -2.22. The molecule has 0 unspecified atom stereocenters. The van der Waals surface area contributed by atoms with Crippen molar-refractivity contribution in [1.29, 1.82) is 0 Å². The average Bonchev–Trinajstić information content (AvgIpc) is 3.79. The fraction of sp³-hybridized carbons (Fsp3) is 0. The molecule has 7 aromatic carbocycles. The zero-order chi connectivity index (χ0) is 31.3. The van der Waals surface area contributed by atoms with E-state index in [4.69, 9.17) is 0 Å². The van der Waals surface area contributed by atoms with Crippen molar-refractivity contribution in [2.24, 2.45) is 0 Å². The Morgan fingerprint density at radius 2 is 0.979 bits per heavy atom. The minimum atomic E-state index is 1.17. The Balaban J connectivity index is 1.15. The Hall–Kier alpha value is -5.97. The van der Waals surface area contributed by atoms with Crippen molar-refractivity contribution < 1.29 is 0 Å². The average molecular weight is 630 g/mol. The van der Waals surface area contributed by atoms with Gasteiger partial charge in [0, 0.05) is 48.1 Å². The van der Waals surface area contributed by atoms with E-state index in [0.717, 1.165) is 0 Å². The van der Waals surface area contributed by atoms with E-state index in [1.807, 2.05) is 11.8 Å². The summed E-state index contributed by atoms with van der Waals surface area (Å²) < 4.78 is 7.33. The third-order valence-corrected chi connectivity index (χ3v) is 11.1. The lowest BCUT2D eigenvalue weighted by molar-refractivity contribution is 1.03. The largest absolute Gasteiger partial charge is 0.309 e. The molecule has 0 fully saturated rings. The van der Waals surface area contributed by atoms with Gasteiger partial charge in [0.05, 0.1) is 27.8 Å². The number of rotatable bonds is 3. The minimum Gasteiger partial charge on any atom is -0.309 e. The van der Waals surface area contributed by atoms with Crippen LogP contribution in [0.5, 0.6) is 0 Å². The van der Waals surface area contributed by atoms with Gasteiger partial charge in [-0.25, -0.2) is 0 Å². The van der Waals surface area contributed by atoms with Crippen LogP contribution in [0, 0.1) is 0 Å². The van der Waals surface area contributed by atoms with Gasteiger partial charge in [-0.05, 0) is 77.9 Å². The van der Waals surface area contributed by atoms with E-state index >= 15 is 0 Å². The molecule has 0 N–H and O–H groups in total. The highest BCUT2D eigenvalue weighted by Crippen LogP contribution is 2.50. The predicted octanol–water partition coefficient (Wildman–Crippen LogP) is 12.0. The zero-order valence-electron chi connectivity index (χ0n) is 25.8. The first-order valence-electron chi connectivity index (χ1n) is 16.4. The molecule has 11 rings (SSSR count). The Labute approximate surface area is 280 Å². The van der Waals surface area contributed by atoms with E-state index in [-0.39, 0.29) is 0 Å². The molecule has 0 radical (unpaired) electrons. The van der Waals surface area contributed by atoms with Crippen LogP contribution >= 0.6 is 11.8 Å². The molecule has 1 aliphatic rings. The topological polar surface area (TPSA) is 14.8 Å². The van der Waals surface area contributed by atoms with Gasteiger partial charge in [0.15, 0.2) is 0 Å². The van der Waals surface area contributed by atoms with Crippen LogP contribution in [0.1, 0.15) is 0 Å². The number of aromatic nitrogens is 3. The molecule has 0 atom stereocenters. The SMILES string of the molecule is c1ccc(-n2c3ccccc3c3cc(-c4ccc5c(c4)Sc4cccc6c7c8ccccc8n(-c8ccccc8)c7n-5c46)ccc32)cc1. The molecule has 0 saturated heterocycles. The summed E-state index contributed by atoms with van der Waals surface area (Å²) >= 11 is 1.88. The lowest BCUT2D eigenvalue weighted by Crippen LogP contribution is -2.05. The van der Waals surface area contributed by atoms with Gasteiger partial charge >= 0.3 is 0 Å². The molecule has 0 aliphatic carbocycles. The van der Waals surface area contributed by atoms with E-state index in [9.17, 15) is 0 Å². The van der Waals surface area contributed by atoms with Crippen molar-refractivity contribution in [3.05, 3.63) is 164 Å². The fourth-order valence-corrected chi connectivity index (χ4v) is 9.14. The Morgan fingerprint density at radius 1 is 0.375 bits per heavy atom. The first kappa shape index (κ1) is 26.1. The first-order chi connectivity index (χ1) is 23.8. The highest BCUT2D eigenvalue weighted by Gasteiger charge is 2.28. The molecule has 1 aliphatic heterocycles. The lowest BCUT2D eigenvalue weighted by atomic mass is 10.0. The first-order valence-corrected chi connectivity index (χ1v) is 17.2. The van der Waals surface area contributed by atoms with Crippen LogP contribution in [0.3, 0.4) is 0 Å². The number of nitrogens with zero attached hydrogens (tertiary/aromatic N) is 3. The van der Waals surface area contributed by atoms with Gasteiger partial charge in [-0.3, -0.25) is 9.13 Å². The monoisotopic (exact) mass is 629 g/mol. The maximum Gasteiger partial charge on any atom is 0.131 e. The van der Waals surface area contributed by atoms with Gasteiger partial charge in [0.2, 0.25) is 0 Å². The van der Waals surface area contributed by atoms with Crippen LogP contribution in [0.2, 0.25) is 0 Å². The molecule has 0 bridgehead atoms. The summed E-state index contributed by atoms with van der Waals surface area (Å²) in [5.74, 6) is 0. The molecule has 4 heteroatoms. The van der Waals surface area contributed by atoms with E-state index in [0.29, 0.717) is 0 Å². The van der Waals surface area contributed by atoms with Gasteiger partial charge < -0.3 is 4.57 Å². The molecular formula is C44H27N3S. The van der Waals surface area contributed by atoms with Gasteiger partial charge in [-0.15, -0.1) is 0 Å². The van der Waals surface area contributed by atoms with Crippen molar-refractivity contribution in [2.75, 3.05) is 0 Å². The van der Waals surface area contributed by atoms with E-state index in [1.54, 1.807) is 0 Å². The molecular weight excluding hydrogens is 603 g/mol. The Morgan fingerprint density at radius 3 is 1.77 bits per heavy atom. The quantitative estimate of drug-likeness (QED) is 0.190. The van der Waals surface area contributed by atoms with Gasteiger partial charge in [-0.2, -0.15) is 0 Å². The summed E-state index contributed by atoms with van der Waals surface area (Å²) in [7, 11) is 0. The second-order valence-corrected chi connectivity index (χ2v) is 13.7. The molecule has 0 amide bonds. The smallest absolute Gasteiger partial charge is 0.131 e. The summed E-state index contributed by atoms with van der Waals surface area (Å²) in [6.07, 6.45) is 0. The Kier molecular flexibility index (Phi) is 5.32. The minimum absolute atomic E-state index is 1.17. The van der Waals surface area contributed by atoms with Gasteiger partial charge in [0.1, 0.15) is 5.65 Å². The van der Waals surface area contributed by atoms with Crippen LogP contribution in [-0.4, -0.2) is 13.7 Å². The number of para-hydroxylation sites is 5. The van der Waals surface area contributed by atoms with Crippen LogP contribution in [-0.2, 0) is 0 Å². The van der Waals surface area contributed by atoms with Crippen molar-refractivity contribution in [2.45, 2.75) is 9.79 Å². The second kappa shape index (κ2) is 9.77. The molecule has 3 nitrogen and oxygen atoms in total. The zero-order valence-corrected chi connectivity index (χ0v) is 26.7. The van der Waals surface area contributed by atoms with Gasteiger partial charge in [-0.1, -0.05) is 109 Å². The highest BCUT2D eigenvalue weighted by molar-refractivity contribution is 7.99. The molecule has 4 heterocycles. The number of benzene rings is 7. The van der Waals surface area contributed by atoms with Crippen LogP contribution in [0.25, 0.3) is 82.8 Å². The molecule has 0 saturated carbocycles. The number of fused-ring (bicyclic) bond motifs is 10. The van der Waals surface area contributed by atoms with Crippen molar-refractivity contribution >= 4 is 66.4 Å². The molecule has 224 valence electrons. The molecule has 10 aromatic rings. The summed E-state index contributed by atoms with van der Waals surface area (Å²) in [5, 5.41) is 6.43. The summed E-state index contributed by atoms with van der Waals surface area (Å²) in [5.41, 5.74) is 12.2. The summed E-state index contributed by atoms with van der Waals surface area (Å²) in [6, 6.07) is 59.8. The van der Waals surface area contributed by atoms with Crippen molar-refractivity contribution in [3.63, 3.8) is 0 Å². The van der Waals surface area contributed by atoms with E-state index in [2.05, 4.69) is 177 Å². The molecule has 3 aromatic heterocycles. The predicted molar refractivity (Wildman–Crippen MR) is 202 cm³/mol. The van der Waals surface area contributed by atoms with Crippen molar-refractivity contribution in [1.82, 2.24) is 13.7 Å². The van der Waals surface area contributed by atoms with Crippen LogP contribution < -0.4 is 0 Å². The normalized spacial score (nSPS) is 12.5. The third kappa shape index (κ3) is 3.50. The van der Waals surface area contributed by atoms with Crippen molar-refractivity contribution in [3.8, 4) is 28.2 Å². The van der Waals surface area contributed by atoms with Gasteiger partial charge in [0.25, 0.3) is 0 Å². The fourth-order valence-electron chi connectivity index (χ4n) is 8.01. The molecule has 0 spiro atoms. The highest BCUT2D eigenvalue weighted by atomic mass is 32.2. The summed E-state index contributed by atoms with van der Waals surface area (Å²) in [4.78, 5) is 2.56. The number of hydrogen-bond donors (Lipinski definition) is 0. The Bertz CT molecular complexity index is 2910. The van der Waals surface area contributed by atoms with E-state index in [1.165, 1.54) is 92.6 Å². The summed E-state index contributed by atoms with van der Waals surface area (Å²) in [6.45, 7) is 0. The van der Waals surface area contributed by atoms with Crippen LogP contribution in [0.4, 0.5) is 0 Å². The number of hydrogen-bond acceptors (Lipinski definition) is 1. The molecule has 48 heavy (non-hydrogen) atoms. The van der Waals surface area contributed by atoms with E-state index < -0.39 is 0 Å². The maximum absolute atomic E-state index is 2.51. The third-order valence-electron chi connectivity index (χ3n) is 10.0. The standard InChI is InChI=1S/C44H27N3S/c1-3-12-30(13-4-1)45-36-19-9-7-16-32(36)35-26-28(22-24-38(35)45)29-23-25-39-41(27-29)48-40-21-11-18-34-42-33-17-8-10-20-37(33)46(31-14-5-2-6-15-31)44(42)47(39)43(34)40/h1-27H. The maximum atomic E-state index is 2.51.